The Morgan fingerprint density at radius 2 is 1.19 bits per heavy atom. The summed E-state index contributed by atoms with van der Waals surface area (Å²) in [6, 6.07) is 28.5. The van der Waals surface area contributed by atoms with E-state index in [1.165, 1.54) is 27.8 Å². The minimum Gasteiger partial charge on any atom is -0.508 e. The summed E-state index contributed by atoms with van der Waals surface area (Å²) in [6.07, 6.45) is 0.991. The quantitative estimate of drug-likeness (QED) is 0.230. The van der Waals surface area contributed by atoms with Gasteiger partial charge in [0.2, 0.25) is 0 Å². The number of benzene rings is 4. The summed E-state index contributed by atoms with van der Waals surface area (Å²) in [7, 11) is 0. The second kappa shape index (κ2) is 8.71. The predicted molar refractivity (Wildman–Crippen MR) is 148 cm³/mol. The monoisotopic (exact) mass is 486 g/mol. The molecule has 5 heteroatoms. The summed E-state index contributed by atoms with van der Waals surface area (Å²) in [4.78, 5) is 4.60. The lowest BCUT2D eigenvalue weighted by atomic mass is 10.0. The van der Waals surface area contributed by atoms with Gasteiger partial charge in [-0.15, -0.1) is 0 Å². The van der Waals surface area contributed by atoms with E-state index >= 15 is 0 Å². The highest BCUT2D eigenvalue weighted by atomic mass is 16.3. The minimum absolute atomic E-state index is 0.201. The van der Waals surface area contributed by atoms with E-state index < -0.39 is 0 Å². The van der Waals surface area contributed by atoms with Crippen molar-refractivity contribution in [3.63, 3.8) is 0 Å². The Morgan fingerprint density at radius 1 is 0.622 bits per heavy atom. The van der Waals surface area contributed by atoms with Gasteiger partial charge in [0, 0.05) is 16.5 Å². The van der Waals surface area contributed by atoms with Gasteiger partial charge in [0.05, 0.1) is 11.0 Å². The van der Waals surface area contributed by atoms with Gasteiger partial charge in [-0.2, -0.15) is 0 Å². The SMILES string of the molecule is Cc1ccc2c(c1)-c1cc(O)ccc1C2.Cc1cccc(-n2c3ccc(O)cc3c3cc(O)ccc32)n1. The molecule has 1 aliphatic carbocycles. The lowest BCUT2D eigenvalue weighted by Crippen LogP contribution is -1.97. The van der Waals surface area contributed by atoms with Gasteiger partial charge in [-0.25, -0.2) is 4.98 Å². The first-order valence-corrected chi connectivity index (χ1v) is 12.2. The zero-order valence-electron chi connectivity index (χ0n) is 20.6. The van der Waals surface area contributed by atoms with Gasteiger partial charge in [-0.05, 0) is 103 Å². The number of rotatable bonds is 1. The molecule has 2 heterocycles. The third kappa shape index (κ3) is 4.04. The van der Waals surface area contributed by atoms with Crippen molar-refractivity contribution in [2.45, 2.75) is 20.3 Å². The Kier molecular flexibility index (Phi) is 5.34. The molecule has 0 radical (unpaired) electrons. The van der Waals surface area contributed by atoms with E-state index in [4.69, 9.17) is 0 Å². The highest BCUT2D eigenvalue weighted by Crippen LogP contribution is 2.39. The molecule has 0 spiro atoms. The number of phenols is 3. The third-order valence-electron chi connectivity index (χ3n) is 6.86. The van der Waals surface area contributed by atoms with Crippen LogP contribution in [0.5, 0.6) is 17.2 Å². The molecule has 7 rings (SSSR count). The van der Waals surface area contributed by atoms with Gasteiger partial charge in [-0.1, -0.05) is 35.9 Å². The third-order valence-corrected chi connectivity index (χ3v) is 6.86. The molecule has 2 aromatic heterocycles. The molecule has 4 aromatic carbocycles. The number of aromatic nitrogens is 2. The largest absolute Gasteiger partial charge is 0.508 e. The van der Waals surface area contributed by atoms with Gasteiger partial charge in [0.25, 0.3) is 0 Å². The van der Waals surface area contributed by atoms with E-state index in [-0.39, 0.29) is 11.5 Å². The normalized spacial score (nSPS) is 11.7. The summed E-state index contributed by atoms with van der Waals surface area (Å²) < 4.78 is 2.04. The predicted octanol–water partition coefficient (Wildman–Crippen LogP) is 7.17. The summed E-state index contributed by atoms with van der Waals surface area (Å²) in [5, 5.41) is 30.8. The molecular weight excluding hydrogens is 460 g/mol. The van der Waals surface area contributed by atoms with Gasteiger partial charge in [0.15, 0.2) is 0 Å². The summed E-state index contributed by atoms with van der Waals surface area (Å²) >= 11 is 0. The van der Waals surface area contributed by atoms with Gasteiger partial charge in [0.1, 0.15) is 23.1 Å². The molecule has 3 N–H and O–H groups in total. The molecule has 0 fully saturated rings. The standard InChI is InChI=1S/C18H14N2O2.C14H12O/c1-11-3-2-4-18(19-11)20-16-7-5-12(21)9-14(16)15-10-13(22)6-8-17(15)20;1-9-2-3-10-7-11-4-5-12(15)8-14(11)13(10)6-9/h2-10,21-22H,1H3;2-6,8,15H,7H2,1H3. The van der Waals surface area contributed by atoms with Gasteiger partial charge < -0.3 is 15.3 Å². The zero-order chi connectivity index (χ0) is 25.7. The lowest BCUT2D eigenvalue weighted by molar-refractivity contribution is 0.475. The Balaban J connectivity index is 0.000000146. The maximum Gasteiger partial charge on any atom is 0.137 e. The summed E-state index contributed by atoms with van der Waals surface area (Å²) in [6.45, 7) is 4.05. The fourth-order valence-electron chi connectivity index (χ4n) is 5.17. The fourth-order valence-corrected chi connectivity index (χ4v) is 5.17. The number of hydrogen-bond acceptors (Lipinski definition) is 4. The molecule has 1 aliphatic rings. The second-order valence-corrected chi connectivity index (χ2v) is 9.55. The van der Waals surface area contributed by atoms with Crippen molar-refractivity contribution in [3.8, 4) is 34.2 Å². The maximum atomic E-state index is 9.80. The van der Waals surface area contributed by atoms with Crippen LogP contribution >= 0.6 is 0 Å². The van der Waals surface area contributed by atoms with Crippen molar-refractivity contribution in [1.29, 1.82) is 0 Å². The molecule has 0 unspecified atom stereocenters. The fraction of sp³-hybridized carbons (Fsp3) is 0.0938. The second-order valence-electron chi connectivity index (χ2n) is 9.55. The van der Waals surface area contributed by atoms with Crippen molar-refractivity contribution in [1.82, 2.24) is 9.55 Å². The van der Waals surface area contributed by atoms with Crippen LogP contribution in [0, 0.1) is 13.8 Å². The van der Waals surface area contributed by atoms with Crippen LogP contribution in [0.4, 0.5) is 0 Å². The average Bonchev–Trinajstić information content (AvgIpc) is 3.39. The van der Waals surface area contributed by atoms with Crippen LogP contribution in [0.25, 0.3) is 38.8 Å². The Hall–Kier alpha value is -4.77. The van der Waals surface area contributed by atoms with Gasteiger partial charge >= 0.3 is 0 Å². The van der Waals surface area contributed by atoms with Crippen molar-refractivity contribution >= 4 is 21.8 Å². The number of hydrogen-bond donors (Lipinski definition) is 3. The molecular formula is C32H26N2O3. The van der Waals surface area contributed by atoms with Crippen LogP contribution in [0.1, 0.15) is 22.4 Å². The Morgan fingerprint density at radius 3 is 1.84 bits per heavy atom. The van der Waals surface area contributed by atoms with E-state index in [9.17, 15) is 15.3 Å². The van der Waals surface area contributed by atoms with E-state index in [0.29, 0.717) is 5.75 Å². The van der Waals surface area contributed by atoms with Crippen molar-refractivity contribution < 1.29 is 15.3 Å². The Labute approximate surface area is 214 Å². The van der Waals surface area contributed by atoms with Crippen LogP contribution < -0.4 is 0 Å². The number of phenolic OH excluding ortho intramolecular Hbond substituents is 3. The number of aromatic hydroxyl groups is 3. The number of nitrogens with zero attached hydrogens (tertiary/aromatic N) is 2. The molecule has 0 saturated heterocycles. The number of pyridine rings is 1. The summed E-state index contributed by atoms with van der Waals surface area (Å²) in [5.74, 6) is 1.57. The number of fused-ring (bicyclic) bond motifs is 6. The molecule has 182 valence electrons. The first-order chi connectivity index (χ1) is 17.9. The van der Waals surface area contributed by atoms with E-state index in [1.54, 1.807) is 30.3 Å². The molecule has 0 aliphatic heterocycles. The van der Waals surface area contributed by atoms with Crippen LogP contribution in [0.15, 0.2) is 91.0 Å². The van der Waals surface area contributed by atoms with Crippen LogP contribution in [0.3, 0.4) is 0 Å². The molecule has 0 saturated carbocycles. The molecule has 0 atom stereocenters. The zero-order valence-corrected chi connectivity index (χ0v) is 20.6. The topological polar surface area (TPSA) is 78.5 Å². The average molecular weight is 487 g/mol. The van der Waals surface area contributed by atoms with Crippen molar-refractivity contribution in [3.05, 3.63) is 113 Å². The molecule has 37 heavy (non-hydrogen) atoms. The highest BCUT2D eigenvalue weighted by Gasteiger charge is 2.18. The molecule has 0 bridgehead atoms. The molecule has 6 aromatic rings. The van der Waals surface area contributed by atoms with E-state index in [2.05, 4.69) is 30.1 Å². The minimum atomic E-state index is 0.201. The lowest BCUT2D eigenvalue weighted by Gasteiger charge is -2.07. The van der Waals surface area contributed by atoms with E-state index in [0.717, 1.165) is 39.7 Å². The highest BCUT2D eigenvalue weighted by molar-refractivity contribution is 6.10. The van der Waals surface area contributed by atoms with Crippen LogP contribution in [-0.4, -0.2) is 24.9 Å². The Bertz CT molecular complexity index is 1710. The number of aryl methyl sites for hydroxylation is 2. The smallest absolute Gasteiger partial charge is 0.137 e. The molecule has 5 nitrogen and oxygen atoms in total. The molecule has 0 amide bonds. The van der Waals surface area contributed by atoms with Crippen LogP contribution in [-0.2, 0) is 6.42 Å². The first kappa shape index (κ1) is 22.7. The van der Waals surface area contributed by atoms with Crippen molar-refractivity contribution in [2.24, 2.45) is 0 Å². The maximum absolute atomic E-state index is 9.80. The van der Waals surface area contributed by atoms with E-state index in [1.807, 2.05) is 54.0 Å². The van der Waals surface area contributed by atoms with Crippen molar-refractivity contribution in [2.75, 3.05) is 0 Å². The van der Waals surface area contributed by atoms with Gasteiger partial charge in [-0.3, -0.25) is 4.57 Å². The van der Waals surface area contributed by atoms with Crippen LogP contribution in [0.2, 0.25) is 0 Å². The summed E-state index contributed by atoms with van der Waals surface area (Å²) in [5.41, 5.74) is 9.23. The first-order valence-electron chi connectivity index (χ1n) is 12.2.